The van der Waals surface area contributed by atoms with Gasteiger partial charge in [-0.05, 0) is 103 Å². The summed E-state index contributed by atoms with van der Waals surface area (Å²) in [6.45, 7) is 6.50. The fourth-order valence-corrected chi connectivity index (χ4v) is 9.36. The molecule has 1 unspecified atom stereocenters. The Morgan fingerprint density at radius 1 is 0.269 bits per heavy atom. The number of allylic oxidation sites excluding steroid dienone is 16. The fraction of sp³-hybridized carbons (Fsp3) is 0.736. The van der Waals surface area contributed by atoms with E-state index in [4.69, 9.17) is 14.2 Å². The van der Waals surface area contributed by atoms with Gasteiger partial charge in [0.2, 0.25) is 0 Å². The summed E-state index contributed by atoms with van der Waals surface area (Å²) in [5.41, 5.74) is 0. The van der Waals surface area contributed by atoms with Gasteiger partial charge in [-0.2, -0.15) is 0 Å². The molecule has 0 aromatic rings. The molecule has 0 bridgehead atoms. The van der Waals surface area contributed by atoms with E-state index in [-0.39, 0.29) is 31.1 Å². The van der Waals surface area contributed by atoms with E-state index in [0.717, 1.165) is 103 Å². The molecule has 78 heavy (non-hydrogen) atoms. The standard InChI is InChI=1S/C72H124O6/c1-4-7-10-13-16-19-21-23-25-27-29-30-31-32-33-34-35-36-37-38-39-40-41-42-44-45-47-49-51-53-56-59-62-65-71(74)77-68-69(67-76-70(73)64-61-58-55-18-15-12-9-6-3)78-72(75)66-63-60-57-54-52-50-48-46-43-28-26-24-22-20-17-14-11-8-5-2/h7,10,16-17,19-20,23-26,29-30,32-33,35-36,69H,4-6,8-9,11-15,18,21-22,27-28,31,34,37-68H2,1-3H3/b10-7-,19-16-,20-17-,25-23-,26-24-,30-29-,33-32-,36-35-. The van der Waals surface area contributed by atoms with Crippen molar-refractivity contribution in [2.75, 3.05) is 13.2 Å². The molecule has 1 atom stereocenters. The van der Waals surface area contributed by atoms with Crippen molar-refractivity contribution >= 4 is 17.9 Å². The zero-order valence-electron chi connectivity index (χ0n) is 51.4. The monoisotopic (exact) mass is 1080 g/mol. The quantitative estimate of drug-likeness (QED) is 0.0261. The van der Waals surface area contributed by atoms with E-state index >= 15 is 0 Å². The first kappa shape index (κ1) is 74.3. The number of hydrogen-bond acceptors (Lipinski definition) is 6. The van der Waals surface area contributed by atoms with Crippen molar-refractivity contribution < 1.29 is 28.6 Å². The van der Waals surface area contributed by atoms with Gasteiger partial charge < -0.3 is 14.2 Å². The smallest absolute Gasteiger partial charge is 0.306 e. The molecule has 0 heterocycles. The van der Waals surface area contributed by atoms with E-state index in [1.54, 1.807) is 0 Å². The molecular formula is C72H124O6. The SMILES string of the molecule is CC/C=C\C/C=C\C/C=C\C/C=C\C/C=C\C/C=C\CCCCCCCCCCCCCCCCC(=O)OCC(COC(=O)CCCCCCCCCC)OC(=O)CCCCCCCCCCC/C=C\C/C=C\CCCCC. The second kappa shape index (κ2) is 65.8. The lowest BCUT2D eigenvalue weighted by Gasteiger charge is -2.18. The van der Waals surface area contributed by atoms with Crippen molar-refractivity contribution in [1.29, 1.82) is 0 Å². The van der Waals surface area contributed by atoms with Crippen LogP contribution in [0.15, 0.2) is 97.2 Å². The molecule has 0 aliphatic rings. The maximum Gasteiger partial charge on any atom is 0.306 e. The number of hydrogen-bond donors (Lipinski definition) is 0. The van der Waals surface area contributed by atoms with Crippen molar-refractivity contribution in [2.45, 2.75) is 329 Å². The zero-order chi connectivity index (χ0) is 56.4. The van der Waals surface area contributed by atoms with E-state index < -0.39 is 6.10 Å². The normalized spacial score (nSPS) is 12.7. The Kier molecular flexibility index (Phi) is 62.7. The van der Waals surface area contributed by atoms with Gasteiger partial charge in [-0.1, -0.05) is 298 Å². The molecular weight excluding hydrogens is 961 g/mol. The predicted molar refractivity (Wildman–Crippen MR) is 339 cm³/mol. The summed E-state index contributed by atoms with van der Waals surface area (Å²) in [6, 6.07) is 0. The van der Waals surface area contributed by atoms with Crippen LogP contribution in [0.5, 0.6) is 0 Å². The van der Waals surface area contributed by atoms with Crippen molar-refractivity contribution in [1.82, 2.24) is 0 Å². The lowest BCUT2D eigenvalue weighted by molar-refractivity contribution is -0.167. The first-order valence-electron chi connectivity index (χ1n) is 33.2. The number of unbranched alkanes of at least 4 members (excludes halogenated alkanes) is 33. The third kappa shape index (κ3) is 63.2. The fourth-order valence-electron chi connectivity index (χ4n) is 9.36. The number of rotatable bonds is 60. The van der Waals surface area contributed by atoms with Gasteiger partial charge in [-0.15, -0.1) is 0 Å². The predicted octanol–water partition coefficient (Wildman–Crippen LogP) is 22.8. The third-order valence-corrected chi connectivity index (χ3v) is 14.3. The maximum atomic E-state index is 12.9. The molecule has 0 saturated heterocycles. The average molecular weight is 1090 g/mol. The molecule has 0 aromatic carbocycles. The highest BCUT2D eigenvalue weighted by Gasteiger charge is 2.19. The van der Waals surface area contributed by atoms with Crippen LogP contribution in [0.1, 0.15) is 323 Å². The van der Waals surface area contributed by atoms with E-state index in [2.05, 4.69) is 118 Å². The molecule has 0 fully saturated rings. The molecule has 0 saturated carbocycles. The van der Waals surface area contributed by atoms with Crippen LogP contribution in [0.2, 0.25) is 0 Å². The van der Waals surface area contributed by atoms with Gasteiger partial charge in [0.15, 0.2) is 6.10 Å². The molecule has 0 rings (SSSR count). The first-order chi connectivity index (χ1) is 38.5. The van der Waals surface area contributed by atoms with Crippen LogP contribution in [0.25, 0.3) is 0 Å². The van der Waals surface area contributed by atoms with Gasteiger partial charge in [-0.25, -0.2) is 0 Å². The Hall–Kier alpha value is -3.67. The lowest BCUT2D eigenvalue weighted by Crippen LogP contribution is -2.30. The maximum absolute atomic E-state index is 12.9. The Labute approximate surface area is 483 Å². The van der Waals surface area contributed by atoms with Crippen LogP contribution in [0, 0.1) is 0 Å². The first-order valence-corrected chi connectivity index (χ1v) is 33.2. The van der Waals surface area contributed by atoms with Crippen LogP contribution < -0.4 is 0 Å². The summed E-state index contributed by atoms with van der Waals surface area (Å²) in [4.78, 5) is 38.2. The molecule has 6 heteroatoms. The topological polar surface area (TPSA) is 78.9 Å². The van der Waals surface area contributed by atoms with Crippen molar-refractivity contribution in [3.05, 3.63) is 97.2 Å². The Balaban J connectivity index is 4.10. The van der Waals surface area contributed by atoms with Crippen LogP contribution in [0.4, 0.5) is 0 Å². The molecule has 448 valence electrons. The number of esters is 3. The summed E-state index contributed by atoms with van der Waals surface area (Å²) in [7, 11) is 0. The van der Waals surface area contributed by atoms with Crippen molar-refractivity contribution in [3.8, 4) is 0 Å². The van der Waals surface area contributed by atoms with Crippen molar-refractivity contribution in [3.63, 3.8) is 0 Å². The Morgan fingerprint density at radius 2 is 0.500 bits per heavy atom. The minimum Gasteiger partial charge on any atom is -0.462 e. The number of ether oxygens (including phenoxy) is 3. The van der Waals surface area contributed by atoms with Gasteiger partial charge in [0.25, 0.3) is 0 Å². The highest BCUT2D eigenvalue weighted by Crippen LogP contribution is 2.17. The highest BCUT2D eigenvalue weighted by molar-refractivity contribution is 5.71. The van der Waals surface area contributed by atoms with Crippen LogP contribution in [0.3, 0.4) is 0 Å². The second-order valence-electron chi connectivity index (χ2n) is 22.0. The second-order valence-corrected chi connectivity index (χ2v) is 22.0. The van der Waals surface area contributed by atoms with Crippen LogP contribution in [-0.4, -0.2) is 37.2 Å². The number of carbonyl (C=O) groups is 3. The zero-order valence-corrected chi connectivity index (χ0v) is 51.4. The molecule has 6 nitrogen and oxygen atoms in total. The Morgan fingerprint density at radius 3 is 0.808 bits per heavy atom. The molecule has 0 spiro atoms. The summed E-state index contributed by atoms with van der Waals surface area (Å²) < 4.78 is 16.9. The lowest BCUT2D eigenvalue weighted by atomic mass is 10.0. The van der Waals surface area contributed by atoms with E-state index in [1.165, 1.54) is 180 Å². The molecule has 0 aromatic heterocycles. The van der Waals surface area contributed by atoms with Gasteiger partial charge >= 0.3 is 17.9 Å². The van der Waals surface area contributed by atoms with E-state index in [0.29, 0.717) is 19.3 Å². The van der Waals surface area contributed by atoms with Crippen LogP contribution >= 0.6 is 0 Å². The Bertz CT molecular complexity index is 1530. The van der Waals surface area contributed by atoms with Gasteiger partial charge in [0.1, 0.15) is 13.2 Å². The summed E-state index contributed by atoms with van der Waals surface area (Å²) >= 11 is 0. The molecule has 0 aliphatic heterocycles. The summed E-state index contributed by atoms with van der Waals surface area (Å²) in [5, 5.41) is 0. The average Bonchev–Trinajstić information content (AvgIpc) is 3.44. The number of carbonyl (C=O) groups excluding carboxylic acids is 3. The van der Waals surface area contributed by atoms with Crippen LogP contribution in [-0.2, 0) is 28.6 Å². The van der Waals surface area contributed by atoms with Gasteiger partial charge in [0, 0.05) is 19.3 Å². The molecule has 0 aliphatic carbocycles. The molecule has 0 amide bonds. The summed E-state index contributed by atoms with van der Waals surface area (Å²) in [5.74, 6) is -0.873. The van der Waals surface area contributed by atoms with Gasteiger partial charge in [-0.3, -0.25) is 14.4 Å². The van der Waals surface area contributed by atoms with E-state index in [1.807, 2.05) is 0 Å². The minimum absolute atomic E-state index is 0.0754. The molecule has 0 radical (unpaired) electrons. The van der Waals surface area contributed by atoms with Crippen molar-refractivity contribution in [2.24, 2.45) is 0 Å². The molecule has 0 N–H and O–H groups in total. The third-order valence-electron chi connectivity index (χ3n) is 14.3. The minimum atomic E-state index is -0.777. The van der Waals surface area contributed by atoms with E-state index in [9.17, 15) is 14.4 Å². The summed E-state index contributed by atoms with van der Waals surface area (Å²) in [6.07, 6.45) is 88.7. The highest BCUT2D eigenvalue weighted by atomic mass is 16.6. The largest absolute Gasteiger partial charge is 0.462 e. The van der Waals surface area contributed by atoms with Gasteiger partial charge in [0.05, 0.1) is 0 Å².